The summed E-state index contributed by atoms with van der Waals surface area (Å²) in [6.07, 6.45) is 0.496. The summed E-state index contributed by atoms with van der Waals surface area (Å²) in [5.74, 6) is 1.78. The number of ether oxygens (including phenoxy) is 1. The predicted molar refractivity (Wildman–Crippen MR) is 103 cm³/mol. The fraction of sp³-hybridized carbons (Fsp3) is 0.333. The van der Waals surface area contributed by atoms with Gasteiger partial charge in [-0.2, -0.15) is 17.0 Å². The van der Waals surface area contributed by atoms with E-state index >= 15 is 0 Å². The molecule has 2 aromatic carbocycles. The van der Waals surface area contributed by atoms with Gasteiger partial charge in [0.1, 0.15) is 5.54 Å². The van der Waals surface area contributed by atoms with Crippen molar-refractivity contribution in [2.24, 2.45) is 0 Å². The van der Waals surface area contributed by atoms with E-state index in [-0.39, 0.29) is 0 Å². The van der Waals surface area contributed by atoms with Gasteiger partial charge < -0.3 is 4.74 Å². The first-order valence-electron chi connectivity index (χ1n) is 8.78. The van der Waals surface area contributed by atoms with E-state index < -0.39 is 17.7 Å². The second kappa shape index (κ2) is 6.69. The van der Waals surface area contributed by atoms with Gasteiger partial charge in [-0.05, 0) is 35.5 Å². The molecule has 1 saturated heterocycles. The first-order valence-corrected chi connectivity index (χ1v) is 9.93. The Balaban J connectivity index is 1.63. The Morgan fingerprint density at radius 3 is 2.19 bits per heavy atom. The summed E-state index contributed by atoms with van der Waals surface area (Å²) in [5.41, 5.74) is 3.45. The molecule has 4 rings (SSSR count). The predicted octanol–water partition coefficient (Wildman–Crippen LogP) is 4.61. The molecule has 4 nitrogen and oxygen atoms in total. The van der Waals surface area contributed by atoms with Crippen LogP contribution in [0, 0.1) is 11.3 Å². The third kappa shape index (κ3) is 2.65. The molecule has 0 bridgehead atoms. The quantitative estimate of drug-likeness (QED) is 0.780. The largest absolute Gasteiger partial charge is 0.436 e. The van der Waals surface area contributed by atoms with Crippen LogP contribution in [-0.4, -0.2) is 35.1 Å². The molecule has 5 heteroatoms. The zero-order chi connectivity index (χ0) is 18.1. The van der Waals surface area contributed by atoms with Crippen molar-refractivity contribution in [3.05, 3.63) is 59.7 Å². The Kier molecular flexibility index (Phi) is 4.37. The lowest BCUT2D eigenvalue weighted by atomic mass is 9.92. The van der Waals surface area contributed by atoms with Crippen LogP contribution in [0.5, 0.6) is 0 Å². The molecular formula is C21H20N2O2S. The van der Waals surface area contributed by atoms with Gasteiger partial charge in [0.05, 0.1) is 6.07 Å². The van der Waals surface area contributed by atoms with E-state index in [1.165, 1.54) is 4.90 Å². The number of rotatable bonds is 2. The number of amides is 1. The second-order valence-corrected chi connectivity index (χ2v) is 7.98. The maximum Gasteiger partial charge on any atom is 0.411 e. The molecule has 1 heterocycles. The highest BCUT2D eigenvalue weighted by Gasteiger charge is 2.41. The van der Waals surface area contributed by atoms with Gasteiger partial charge in [0.2, 0.25) is 0 Å². The van der Waals surface area contributed by atoms with Crippen LogP contribution in [0.2, 0.25) is 0 Å². The van der Waals surface area contributed by atoms with Crippen molar-refractivity contribution in [1.82, 2.24) is 4.90 Å². The standard InChI is InChI=1S/C21H20N2O2S/c1-23(21(14-22)10-12-26-13-11-21)20(24)25-19-17-8-4-2-6-15(17)16-7-3-5-9-18(16)19/h2-9,19H,10-13H2,1H3. The summed E-state index contributed by atoms with van der Waals surface area (Å²) in [5, 5.41) is 9.73. The van der Waals surface area contributed by atoms with Crippen molar-refractivity contribution in [3.8, 4) is 17.2 Å². The number of fused-ring (bicyclic) bond motifs is 3. The average Bonchev–Trinajstić information content (AvgIpc) is 3.02. The molecule has 0 aromatic heterocycles. The molecule has 132 valence electrons. The number of hydrogen-bond acceptors (Lipinski definition) is 4. The number of nitrogens with zero attached hydrogens (tertiary/aromatic N) is 2. The first-order chi connectivity index (χ1) is 12.7. The number of nitriles is 1. The Morgan fingerprint density at radius 2 is 1.65 bits per heavy atom. The summed E-state index contributed by atoms with van der Waals surface area (Å²) in [4.78, 5) is 14.4. The van der Waals surface area contributed by atoms with E-state index in [2.05, 4.69) is 18.2 Å². The summed E-state index contributed by atoms with van der Waals surface area (Å²) in [6, 6.07) is 18.4. The molecule has 0 N–H and O–H groups in total. The Morgan fingerprint density at radius 1 is 1.12 bits per heavy atom. The molecule has 1 fully saturated rings. The molecule has 0 spiro atoms. The lowest BCUT2D eigenvalue weighted by Crippen LogP contribution is -2.51. The molecular weight excluding hydrogens is 344 g/mol. The zero-order valence-corrected chi connectivity index (χ0v) is 15.5. The van der Waals surface area contributed by atoms with E-state index in [4.69, 9.17) is 4.74 Å². The molecule has 2 aromatic rings. The summed E-state index contributed by atoms with van der Waals surface area (Å²) in [7, 11) is 1.69. The number of benzene rings is 2. The lowest BCUT2D eigenvalue weighted by Gasteiger charge is -2.38. The maximum atomic E-state index is 12.9. The minimum atomic E-state index is -0.764. The Hall–Kier alpha value is -2.45. The summed E-state index contributed by atoms with van der Waals surface area (Å²) < 4.78 is 5.94. The van der Waals surface area contributed by atoms with Crippen LogP contribution >= 0.6 is 11.8 Å². The Bertz CT molecular complexity index is 838. The minimum Gasteiger partial charge on any atom is -0.436 e. The fourth-order valence-electron chi connectivity index (χ4n) is 3.82. The molecule has 1 aliphatic heterocycles. The minimum absolute atomic E-state index is 0.425. The van der Waals surface area contributed by atoms with Crippen molar-refractivity contribution < 1.29 is 9.53 Å². The number of thioether (sulfide) groups is 1. The van der Waals surface area contributed by atoms with Crippen LogP contribution in [0.25, 0.3) is 11.1 Å². The monoisotopic (exact) mass is 364 g/mol. The SMILES string of the molecule is CN(C(=O)OC1c2ccccc2-c2ccccc21)C1(C#N)CCSCC1. The number of carbonyl (C=O) groups excluding carboxylic acids is 1. The van der Waals surface area contributed by atoms with Gasteiger partial charge in [-0.3, -0.25) is 4.90 Å². The lowest BCUT2D eigenvalue weighted by molar-refractivity contribution is 0.0588. The zero-order valence-electron chi connectivity index (χ0n) is 14.6. The van der Waals surface area contributed by atoms with Crippen molar-refractivity contribution in [1.29, 1.82) is 5.26 Å². The maximum absolute atomic E-state index is 12.9. The summed E-state index contributed by atoms with van der Waals surface area (Å²) in [6.45, 7) is 0. The highest BCUT2D eigenvalue weighted by molar-refractivity contribution is 7.99. The van der Waals surface area contributed by atoms with E-state index in [1.54, 1.807) is 7.05 Å². The third-order valence-electron chi connectivity index (χ3n) is 5.44. The van der Waals surface area contributed by atoms with Gasteiger partial charge in [0.25, 0.3) is 0 Å². The molecule has 0 radical (unpaired) electrons. The molecule has 2 aliphatic rings. The number of carbonyl (C=O) groups is 1. The van der Waals surface area contributed by atoms with E-state index in [1.807, 2.05) is 48.2 Å². The van der Waals surface area contributed by atoms with E-state index in [0.717, 1.165) is 33.8 Å². The van der Waals surface area contributed by atoms with Gasteiger partial charge >= 0.3 is 6.09 Å². The van der Waals surface area contributed by atoms with Crippen LogP contribution in [0.15, 0.2) is 48.5 Å². The molecule has 26 heavy (non-hydrogen) atoms. The van der Waals surface area contributed by atoms with Crippen molar-refractivity contribution in [2.75, 3.05) is 18.6 Å². The average molecular weight is 364 g/mol. The van der Waals surface area contributed by atoms with Gasteiger partial charge in [0, 0.05) is 18.2 Å². The smallest absolute Gasteiger partial charge is 0.411 e. The van der Waals surface area contributed by atoms with Crippen molar-refractivity contribution >= 4 is 17.9 Å². The van der Waals surface area contributed by atoms with Crippen LogP contribution < -0.4 is 0 Å². The van der Waals surface area contributed by atoms with Crippen LogP contribution in [0.3, 0.4) is 0 Å². The van der Waals surface area contributed by atoms with Crippen molar-refractivity contribution in [2.45, 2.75) is 24.5 Å². The highest BCUT2D eigenvalue weighted by Crippen LogP contribution is 2.45. The topological polar surface area (TPSA) is 53.3 Å². The fourth-order valence-corrected chi connectivity index (χ4v) is 4.99. The van der Waals surface area contributed by atoms with Crippen LogP contribution in [-0.2, 0) is 4.74 Å². The first kappa shape index (κ1) is 17.0. The van der Waals surface area contributed by atoms with Crippen molar-refractivity contribution in [3.63, 3.8) is 0 Å². The second-order valence-electron chi connectivity index (χ2n) is 6.75. The van der Waals surface area contributed by atoms with Crippen LogP contribution in [0.4, 0.5) is 4.79 Å². The molecule has 1 aliphatic carbocycles. The van der Waals surface area contributed by atoms with Crippen LogP contribution in [0.1, 0.15) is 30.1 Å². The van der Waals surface area contributed by atoms with Gasteiger partial charge in [-0.1, -0.05) is 48.5 Å². The number of hydrogen-bond donors (Lipinski definition) is 0. The highest BCUT2D eigenvalue weighted by atomic mass is 32.2. The third-order valence-corrected chi connectivity index (χ3v) is 6.42. The van der Waals surface area contributed by atoms with E-state index in [0.29, 0.717) is 12.8 Å². The van der Waals surface area contributed by atoms with E-state index in [9.17, 15) is 10.1 Å². The molecule has 0 saturated carbocycles. The molecule has 0 atom stereocenters. The molecule has 0 unspecified atom stereocenters. The molecule has 1 amide bonds. The Labute approximate surface area is 157 Å². The van der Waals surface area contributed by atoms with Gasteiger partial charge in [-0.15, -0.1) is 0 Å². The van der Waals surface area contributed by atoms with Gasteiger partial charge in [-0.25, -0.2) is 4.79 Å². The van der Waals surface area contributed by atoms with Gasteiger partial charge in [0.15, 0.2) is 6.10 Å². The normalized spacial score (nSPS) is 17.7. The summed E-state index contributed by atoms with van der Waals surface area (Å²) >= 11 is 1.83.